The second-order valence-corrected chi connectivity index (χ2v) is 10.1. The molecule has 3 rings (SSSR count). The Morgan fingerprint density at radius 2 is 1.62 bits per heavy atom. The van der Waals surface area contributed by atoms with Crippen molar-refractivity contribution in [3.63, 3.8) is 0 Å². The van der Waals surface area contributed by atoms with Gasteiger partial charge in [0.25, 0.3) is 0 Å². The summed E-state index contributed by atoms with van der Waals surface area (Å²) in [6.07, 6.45) is 1.04. The number of para-hydroxylation sites is 1. The van der Waals surface area contributed by atoms with E-state index in [4.69, 9.17) is 4.74 Å². The quantitative estimate of drug-likeness (QED) is 0.565. The minimum atomic E-state index is -3.76. The van der Waals surface area contributed by atoms with Crippen LogP contribution in [0.1, 0.15) is 43.1 Å². The highest BCUT2D eigenvalue weighted by atomic mass is 32.2. The van der Waals surface area contributed by atoms with E-state index in [1.807, 2.05) is 18.2 Å². The van der Waals surface area contributed by atoms with Gasteiger partial charge in [0.05, 0.1) is 24.9 Å². The van der Waals surface area contributed by atoms with Crippen molar-refractivity contribution in [1.29, 1.82) is 0 Å². The number of nitrogens with zero attached hydrogens (tertiary/aromatic N) is 3. The van der Waals surface area contributed by atoms with Crippen LogP contribution in [0.2, 0.25) is 0 Å². The molecule has 0 N–H and O–H groups in total. The zero-order valence-electron chi connectivity index (χ0n) is 19.3. The third kappa shape index (κ3) is 5.31. The number of methoxy groups -OCH3 is 1. The van der Waals surface area contributed by atoms with Gasteiger partial charge in [-0.05, 0) is 56.6 Å². The summed E-state index contributed by atoms with van der Waals surface area (Å²) in [5, 5.41) is 0. The molecule has 7 nitrogen and oxygen atoms in total. The van der Waals surface area contributed by atoms with Gasteiger partial charge in [0.1, 0.15) is 0 Å². The van der Waals surface area contributed by atoms with Crippen molar-refractivity contribution in [2.24, 2.45) is 0 Å². The van der Waals surface area contributed by atoms with Crippen LogP contribution in [0.25, 0.3) is 0 Å². The molecule has 0 saturated carbocycles. The molecule has 32 heavy (non-hydrogen) atoms. The van der Waals surface area contributed by atoms with Crippen LogP contribution in [0, 0.1) is 0 Å². The number of piperazine rings is 1. The smallest absolute Gasteiger partial charge is 0.337 e. The Bertz CT molecular complexity index is 984. The highest BCUT2D eigenvalue weighted by Crippen LogP contribution is 2.27. The summed E-state index contributed by atoms with van der Waals surface area (Å²) >= 11 is 0. The third-order valence-corrected chi connectivity index (χ3v) is 7.75. The first-order chi connectivity index (χ1) is 15.3. The number of carbonyl (C=O) groups is 1. The summed E-state index contributed by atoms with van der Waals surface area (Å²) in [6.45, 7) is 8.37. The number of esters is 1. The van der Waals surface area contributed by atoms with E-state index >= 15 is 0 Å². The van der Waals surface area contributed by atoms with Crippen LogP contribution in [0.4, 0.5) is 5.69 Å². The van der Waals surface area contributed by atoms with Crippen LogP contribution < -0.4 is 4.31 Å². The van der Waals surface area contributed by atoms with Crippen LogP contribution in [0.15, 0.2) is 54.6 Å². The fraction of sp³-hybridized carbons (Fsp3) is 0.458. The molecule has 1 heterocycles. The second kappa shape index (κ2) is 10.5. The predicted octanol–water partition coefficient (Wildman–Crippen LogP) is 3.53. The van der Waals surface area contributed by atoms with Crippen molar-refractivity contribution < 1.29 is 17.9 Å². The number of benzene rings is 2. The molecule has 1 saturated heterocycles. The molecule has 0 radical (unpaired) electrons. The number of hydrogen-bond acceptors (Lipinski definition) is 5. The SMILES string of the molecule is CCCN1[C@H](C)CN(S(=O)(=O)N(Cc2ccc(C(=O)OC)cc2)c2ccccc2)C[C@@H]1C. The number of hydrogen-bond donors (Lipinski definition) is 0. The van der Waals surface area contributed by atoms with E-state index in [0.29, 0.717) is 24.3 Å². The van der Waals surface area contributed by atoms with E-state index in [0.717, 1.165) is 18.5 Å². The summed E-state index contributed by atoms with van der Waals surface area (Å²) in [5.41, 5.74) is 1.83. The average Bonchev–Trinajstić information content (AvgIpc) is 2.80. The normalized spacial score (nSPS) is 20.1. The molecular formula is C24H33N3O4S. The lowest BCUT2D eigenvalue weighted by atomic mass is 10.1. The number of ether oxygens (including phenoxy) is 1. The van der Waals surface area contributed by atoms with Crippen LogP contribution in [-0.4, -0.2) is 62.4 Å². The fourth-order valence-corrected chi connectivity index (χ4v) is 6.05. The third-order valence-electron chi connectivity index (χ3n) is 5.90. The van der Waals surface area contributed by atoms with Crippen LogP contribution in [0.5, 0.6) is 0 Å². The second-order valence-electron chi connectivity index (χ2n) is 8.29. The van der Waals surface area contributed by atoms with Crippen molar-refractivity contribution >= 4 is 21.9 Å². The Balaban J connectivity index is 1.89. The Kier molecular flexibility index (Phi) is 7.92. The first-order valence-electron chi connectivity index (χ1n) is 11.0. The Morgan fingerprint density at radius 1 is 1.03 bits per heavy atom. The minimum absolute atomic E-state index is 0.144. The lowest BCUT2D eigenvalue weighted by molar-refractivity contribution is 0.0600. The summed E-state index contributed by atoms with van der Waals surface area (Å²) in [4.78, 5) is 14.1. The Labute approximate surface area is 191 Å². The maximum Gasteiger partial charge on any atom is 0.337 e. The van der Waals surface area contributed by atoms with Crippen molar-refractivity contribution in [2.75, 3.05) is 31.0 Å². The van der Waals surface area contributed by atoms with Crippen LogP contribution in [0.3, 0.4) is 0 Å². The standard InChI is InChI=1S/C24H33N3O4S/c1-5-15-26-19(2)16-25(17-20(26)3)32(29,30)27(23-9-7-6-8-10-23)18-21-11-13-22(14-12-21)24(28)31-4/h6-14,19-20H,5,15-18H2,1-4H3/t19-,20+. The first kappa shape index (κ1) is 24.2. The van der Waals surface area contributed by atoms with Gasteiger partial charge in [-0.3, -0.25) is 9.21 Å². The molecule has 0 unspecified atom stereocenters. The van der Waals surface area contributed by atoms with Crippen molar-refractivity contribution in [3.05, 3.63) is 65.7 Å². The van der Waals surface area contributed by atoms with Crippen LogP contribution in [-0.2, 0) is 21.5 Å². The number of anilines is 1. The fourth-order valence-electron chi connectivity index (χ4n) is 4.27. The Hall–Kier alpha value is -2.42. The van der Waals surface area contributed by atoms with Gasteiger partial charge in [-0.2, -0.15) is 12.7 Å². The maximum atomic E-state index is 13.8. The highest BCUT2D eigenvalue weighted by Gasteiger charge is 2.38. The predicted molar refractivity (Wildman–Crippen MR) is 127 cm³/mol. The van der Waals surface area contributed by atoms with Gasteiger partial charge in [-0.1, -0.05) is 37.3 Å². The molecule has 2 aromatic carbocycles. The van der Waals surface area contributed by atoms with Gasteiger partial charge in [0, 0.05) is 25.2 Å². The molecule has 1 aliphatic rings. The monoisotopic (exact) mass is 459 g/mol. The highest BCUT2D eigenvalue weighted by molar-refractivity contribution is 7.90. The van der Waals surface area contributed by atoms with Crippen molar-refractivity contribution in [3.8, 4) is 0 Å². The van der Waals surface area contributed by atoms with Gasteiger partial charge in [0.15, 0.2) is 0 Å². The molecule has 8 heteroatoms. The van der Waals surface area contributed by atoms with Gasteiger partial charge >= 0.3 is 16.2 Å². The molecule has 1 fully saturated rings. The molecule has 0 aromatic heterocycles. The van der Waals surface area contributed by atoms with Gasteiger partial charge in [0.2, 0.25) is 0 Å². The van der Waals surface area contributed by atoms with E-state index in [-0.39, 0.29) is 18.6 Å². The maximum absolute atomic E-state index is 13.8. The largest absolute Gasteiger partial charge is 0.465 e. The van der Waals surface area contributed by atoms with Crippen molar-refractivity contribution in [2.45, 2.75) is 45.8 Å². The molecule has 2 atom stereocenters. The molecule has 0 spiro atoms. The molecule has 0 bridgehead atoms. The topological polar surface area (TPSA) is 70.2 Å². The van der Waals surface area contributed by atoms with Gasteiger partial charge in [-0.15, -0.1) is 0 Å². The van der Waals surface area contributed by atoms with Crippen LogP contribution >= 0.6 is 0 Å². The Morgan fingerprint density at radius 3 is 2.16 bits per heavy atom. The van der Waals surface area contributed by atoms with Gasteiger partial charge < -0.3 is 4.74 Å². The summed E-state index contributed by atoms with van der Waals surface area (Å²) in [6, 6.07) is 16.3. The van der Waals surface area contributed by atoms with Crippen molar-refractivity contribution in [1.82, 2.24) is 9.21 Å². The van der Waals surface area contributed by atoms with E-state index in [1.165, 1.54) is 11.4 Å². The van der Waals surface area contributed by atoms with Gasteiger partial charge in [-0.25, -0.2) is 4.79 Å². The molecule has 1 aliphatic heterocycles. The van der Waals surface area contributed by atoms with E-state index in [2.05, 4.69) is 25.7 Å². The van der Waals surface area contributed by atoms with E-state index in [9.17, 15) is 13.2 Å². The lowest BCUT2D eigenvalue weighted by Gasteiger charge is -2.45. The molecular weight excluding hydrogens is 426 g/mol. The summed E-state index contributed by atoms with van der Waals surface area (Å²) in [7, 11) is -2.43. The number of carbonyl (C=O) groups excluding carboxylic acids is 1. The molecule has 0 amide bonds. The first-order valence-corrected chi connectivity index (χ1v) is 12.4. The molecule has 2 aromatic rings. The summed E-state index contributed by atoms with van der Waals surface area (Å²) < 4.78 is 35.5. The van der Waals surface area contributed by atoms with E-state index < -0.39 is 16.2 Å². The minimum Gasteiger partial charge on any atom is -0.465 e. The zero-order chi connectivity index (χ0) is 23.3. The molecule has 174 valence electrons. The van der Waals surface area contributed by atoms with E-state index in [1.54, 1.807) is 40.7 Å². The average molecular weight is 460 g/mol. The molecule has 0 aliphatic carbocycles. The summed E-state index contributed by atoms with van der Waals surface area (Å²) in [5.74, 6) is -0.419. The lowest BCUT2D eigenvalue weighted by Crippen LogP contribution is -2.60. The zero-order valence-corrected chi connectivity index (χ0v) is 20.1. The number of rotatable bonds is 8.